The van der Waals surface area contributed by atoms with Gasteiger partial charge >= 0.3 is 0 Å². The van der Waals surface area contributed by atoms with Crippen LogP contribution in [0.5, 0.6) is 0 Å². The molecular formula is C15H17Cl2N5O. The fourth-order valence-corrected chi connectivity index (χ4v) is 3.28. The van der Waals surface area contributed by atoms with Crippen LogP contribution in [0.3, 0.4) is 0 Å². The van der Waals surface area contributed by atoms with Crippen LogP contribution in [0.25, 0.3) is 0 Å². The number of aromatic nitrogens is 4. The van der Waals surface area contributed by atoms with Gasteiger partial charge in [-0.05, 0) is 47.4 Å². The van der Waals surface area contributed by atoms with Gasteiger partial charge in [-0.15, -0.1) is 5.10 Å². The van der Waals surface area contributed by atoms with E-state index in [2.05, 4.69) is 20.8 Å². The van der Waals surface area contributed by atoms with E-state index in [0.29, 0.717) is 28.8 Å². The molecule has 0 fully saturated rings. The van der Waals surface area contributed by atoms with Gasteiger partial charge in [-0.1, -0.05) is 35.7 Å². The maximum atomic E-state index is 12.5. The summed E-state index contributed by atoms with van der Waals surface area (Å²) in [6.07, 6.45) is 3.39. The van der Waals surface area contributed by atoms with Crippen LogP contribution in [0.1, 0.15) is 36.6 Å². The topological polar surface area (TPSA) is 72.7 Å². The smallest absolute Gasteiger partial charge is 0.230 e. The first-order valence-corrected chi connectivity index (χ1v) is 8.38. The monoisotopic (exact) mass is 353 g/mol. The lowest BCUT2D eigenvalue weighted by Gasteiger charge is -2.13. The van der Waals surface area contributed by atoms with E-state index in [9.17, 15) is 4.79 Å². The molecule has 1 atom stereocenters. The molecule has 1 aromatic heterocycles. The SMILES string of the molecule is O=C(NCCc1ccc(Cl)cc1Cl)[C@H]1CCCCn2nnnc21. The van der Waals surface area contributed by atoms with Crippen molar-refractivity contribution in [2.24, 2.45) is 0 Å². The Morgan fingerprint density at radius 1 is 1.35 bits per heavy atom. The Bertz CT molecular complexity index is 703. The van der Waals surface area contributed by atoms with E-state index in [4.69, 9.17) is 23.2 Å². The molecule has 0 aliphatic carbocycles. The number of hydrogen-bond acceptors (Lipinski definition) is 4. The number of hydrogen-bond donors (Lipinski definition) is 1. The molecule has 23 heavy (non-hydrogen) atoms. The maximum absolute atomic E-state index is 12.5. The quantitative estimate of drug-likeness (QED) is 0.916. The van der Waals surface area contributed by atoms with Crippen molar-refractivity contribution >= 4 is 29.1 Å². The van der Waals surface area contributed by atoms with Gasteiger partial charge < -0.3 is 5.32 Å². The zero-order valence-corrected chi connectivity index (χ0v) is 14.0. The Morgan fingerprint density at radius 2 is 2.22 bits per heavy atom. The third kappa shape index (κ3) is 3.82. The van der Waals surface area contributed by atoms with E-state index in [0.717, 1.165) is 31.4 Å². The van der Waals surface area contributed by atoms with Crippen LogP contribution in [0.4, 0.5) is 0 Å². The molecule has 0 saturated heterocycles. The first-order valence-electron chi connectivity index (χ1n) is 7.63. The standard InChI is InChI=1S/C15H17Cl2N5O/c16-11-5-4-10(13(17)9-11)6-7-18-15(23)12-3-1-2-8-22-14(12)19-20-21-22/h4-5,9,12H,1-3,6-8H2,(H,18,23)/t12-/m0/s1. The number of benzene rings is 1. The number of carbonyl (C=O) groups is 1. The largest absolute Gasteiger partial charge is 0.355 e. The van der Waals surface area contributed by atoms with E-state index >= 15 is 0 Å². The van der Waals surface area contributed by atoms with Gasteiger partial charge in [-0.2, -0.15) is 0 Å². The Labute approximate surface area is 144 Å². The Morgan fingerprint density at radius 3 is 3.04 bits per heavy atom. The lowest BCUT2D eigenvalue weighted by molar-refractivity contribution is -0.122. The van der Waals surface area contributed by atoms with Crippen LogP contribution in [-0.4, -0.2) is 32.7 Å². The number of tetrazole rings is 1. The molecule has 8 heteroatoms. The van der Waals surface area contributed by atoms with E-state index < -0.39 is 0 Å². The number of amides is 1. The van der Waals surface area contributed by atoms with Crippen molar-refractivity contribution < 1.29 is 4.79 Å². The first kappa shape index (κ1) is 16.2. The van der Waals surface area contributed by atoms with E-state index in [1.807, 2.05) is 6.07 Å². The molecule has 1 aliphatic heterocycles. The normalized spacial score (nSPS) is 17.4. The van der Waals surface area contributed by atoms with Crippen LogP contribution in [0.15, 0.2) is 18.2 Å². The summed E-state index contributed by atoms with van der Waals surface area (Å²) in [5.41, 5.74) is 0.960. The molecular weight excluding hydrogens is 337 g/mol. The van der Waals surface area contributed by atoms with Crippen LogP contribution < -0.4 is 5.32 Å². The average Bonchev–Trinajstić information content (AvgIpc) is 2.88. The zero-order chi connectivity index (χ0) is 16.2. The third-order valence-corrected chi connectivity index (χ3v) is 4.60. The summed E-state index contributed by atoms with van der Waals surface area (Å²) in [6.45, 7) is 1.28. The summed E-state index contributed by atoms with van der Waals surface area (Å²) in [5.74, 6) is 0.339. The van der Waals surface area contributed by atoms with Crippen molar-refractivity contribution in [1.29, 1.82) is 0 Å². The number of fused-ring (bicyclic) bond motifs is 1. The summed E-state index contributed by atoms with van der Waals surface area (Å²) in [5, 5.41) is 15.8. The molecule has 0 radical (unpaired) electrons. The second-order valence-electron chi connectivity index (χ2n) is 5.59. The molecule has 122 valence electrons. The van der Waals surface area contributed by atoms with Crippen LogP contribution in [0.2, 0.25) is 10.0 Å². The average molecular weight is 354 g/mol. The van der Waals surface area contributed by atoms with Gasteiger partial charge in [0.25, 0.3) is 0 Å². The number of rotatable bonds is 4. The second kappa shape index (κ2) is 7.27. The summed E-state index contributed by atoms with van der Waals surface area (Å²) in [4.78, 5) is 12.5. The molecule has 0 saturated carbocycles. The van der Waals surface area contributed by atoms with Gasteiger partial charge in [0.2, 0.25) is 5.91 Å². The van der Waals surface area contributed by atoms with Crippen LogP contribution >= 0.6 is 23.2 Å². The Balaban J connectivity index is 1.59. The van der Waals surface area contributed by atoms with Crippen molar-refractivity contribution in [1.82, 2.24) is 25.5 Å². The van der Waals surface area contributed by atoms with Gasteiger partial charge in [0, 0.05) is 23.1 Å². The fourth-order valence-electron chi connectivity index (χ4n) is 2.78. The van der Waals surface area contributed by atoms with Crippen molar-refractivity contribution in [2.75, 3.05) is 6.54 Å². The number of aryl methyl sites for hydroxylation is 1. The molecule has 2 aromatic rings. The molecule has 6 nitrogen and oxygen atoms in total. The van der Waals surface area contributed by atoms with E-state index in [1.54, 1.807) is 16.8 Å². The van der Waals surface area contributed by atoms with Gasteiger partial charge in [-0.25, -0.2) is 4.68 Å². The van der Waals surface area contributed by atoms with Crippen molar-refractivity contribution in [3.8, 4) is 0 Å². The van der Waals surface area contributed by atoms with E-state index in [-0.39, 0.29) is 11.8 Å². The highest BCUT2D eigenvalue weighted by atomic mass is 35.5. The maximum Gasteiger partial charge on any atom is 0.230 e. The molecule has 0 spiro atoms. The molecule has 2 heterocycles. The highest BCUT2D eigenvalue weighted by Gasteiger charge is 2.28. The minimum atomic E-state index is -0.284. The minimum Gasteiger partial charge on any atom is -0.355 e. The molecule has 1 aromatic carbocycles. The summed E-state index contributed by atoms with van der Waals surface area (Å²) in [7, 11) is 0. The molecule has 1 aliphatic rings. The van der Waals surface area contributed by atoms with Crippen LogP contribution in [0, 0.1) is 0 Å². The number of nitrogens with zero attached hydrogens (tertiary/aromatic N) is 4. The second-order valence-corrected chi connectivity index (χ2v) is 6.43. The zero-order valence-electron chi connectivity index (χ0n) is 12.5. The molecule has 1 N–H and O–H groups in total. The number of carbonyl (C=O) groups excluding carboxylic acids is 1. The van der Waals surface area contributed by atoms with Gasteiger partial charge in [0.15, 0.2) is 5.82 Å². The predicted octanol–water partition coefficient (Wildman–Crippen LogP) is 2.61. The van der Waals surface area contributed by atoms with Gasteiger partial charge in [-0.3, -0.25) is 4.79 Å². The minimum absolute atomic E-state index is 0.0342. The van der Waals surface area contributed by atoms with E-state index in [1.165, 1.54) is 0 Å². The summed E-state index contributed by atoms with van der Waals surface area (Å²) < 4.78 is 1.73. The fraction of sp³-hybridized carbons (Fsp3) is 0.467. The van der Waals surface area contributed by atoms with Crippen molar-refractivity contribution in [3.63, 3.8) is 0 Å². The van der Waals surface area contributed by atoms with Gasteiger partial charge in [0.1, 0.15) is 0 Å². The van der Waals surface area contributed by atoms with Crippen LogP contribution in [-0.2, 0) is 17.8 Å². The molecule has 0 unspecified atom stereocenters. The highest BCUT2D eigenvalue weighted by molar-refractivity contribution is 6.35. The van der Waals surface area contributed by atoms with Gasteiger partial charge in [0.05, 0.1) is 5.92 Å². The highest BCUT2D eigenvalue weighted by Crippen LogP contribution is 2.24. The summed E-state index contributed by atoms with van der Waals surface area (Å²) in [6, 6.07) is 5.38. The lowest BCUT2D eigenvalue weighted by atomic mass is 10.0. The molecule has 0 bridgehead atoms. The van der Waals surface area contributed by atoms with Crippen molar-refractivity contribution in [3.05, 3.63) is 39.6 Å². The predicted molar refractivity (Wildman–Crippen MR) is 87.6 cm³/mol. The lowest BCUT2D eigenvalue weighted by Crippen LogP contribution is -2.32. The molecule has 3 rings (SSSR count). The number of halogens is 2. The summed E-state index contributed by atoms with van der Waals surface area (Å²) >= 11 is 12.0. The molecule has 1 amide bonds. The first-order chi connectivity index (χ1) is 11.1. The third-order valence-electron chi connectivity index (χ3n) is 4.01. The van der Waals surface area contributed by atoms with Crippen molar-refractivity contribution in [2.45, 2.75) is 38.1 Å². The number of nitrogens with one attached hydrogen (secondary N) is 1. The Hall–Kier alpha value is -1.66. The Kier molecular flexibility index (Phi) is 5.13.